The predicted molar refractivity (Wildman–Crippen MR) is 94.9 cm³/mol. The van der Waals surface area contributed by atoms with Crippen molar-refractivity contribution in [2.24, 2.45) is 0 Å². The summed E-state index contributed by atoms with van der Waals surface area (Å²) in [5, 5.41) is 10.8. The first kappa shape index (κ1) is 15.9. The van der Waals surface area contributed by atoms with Crippen molar-refractivity contribution < 1.29 is 5.11 Å². The van der Waals surface area contributed by atoms with E-state index in [2.05, 4.69) is 9.36 Å². The van der Waals surface area contributed by atoms with Gasteiger partial charge in [0.15, 0.2) is 5.82 Å². The normalized spacial score (nSPS) is 10.7. The molecule has 0 bridgehead atoms. The number of hydrogen-bond donors (Lipinski definition) is 1. The second-order valence-electron chi connectivity index (χ2n) is 5.04. The third kappa shape index (κ3) is 4.07. The van der Waals surface area contributed by atoms with Crippen LogP contribution in [-0.2, 0) is 6.54 Å². The molecule has 2 aromatic carbocycles. The average molecular weight is 346 g/mol. The lowest BCUT2D eigenvalue weighted by Gasteiger charge is -2.20. The van der Waals surface area contributed by atoms with E-state index >= 15 is 0 Å². The van der Waals surface area contributed by atoms with E-state index in [9.17, 15) is 5.11 Å². The van der Waals surface area contributed by atoms with Gasteiger partial charge in [0.1, 0.15) is 0 Å². The lowest BCUT2D eigenvalue weighted by atomic mass is 10.2. The second kappa shape index (κ2) is 7.55. The molecule has 0 saturated heterocycles. The maximum atomic E-state index is 9.34. The lowest BCUT2D eigenvalue weighted by molar-refractivity contribution is 0.301. The van der Waals surface area contributed by atoms with Crippen molar-refractivity contribution >= 4 is 28.3 Å². The molecule has 3 rings (SSSR count). The summed E-state index contributed by atoms with van der Waals surface area (Å²) < 4.78 is 4.43. The topological polar surface area (TPSA) is 49.2 Å². The minimum Gasteiger partial charge on any atom is -0.395 e. The van der Waals surface area contributed by atoms with Crippen LogP contribution in [0.3, 0.4) is 0 Å². The smallest absolute Gasteiger partial charge is 0.205 e. The summed E-state index contributed by atoms with van der Waals surface area (Å²) in [4.78, 5) is 6.62. The van der Waals surface area contributed by atoms with Gasteiger partial charge in [-0.05, 0) is 17.7 Å². The van der Waals surface area contributed by atoms with Crippen LogP contribution in [0, 0.1) is 0 Å². The molecule has 1 heterocycles. The molecule has 6 heteroatoms. The molecule has 1 aromatic heterocycles. The van der Waals surface area contributed by atoms with Crippen molar-refractivity contribution in [1.82, 2.24) is 9.36 Å². The highest BCUT2D eigenvalue weighted by Crippen LogP contribution is 2.25. The highest BCUT2D eigenvalue weighted by molar-refractivity contribution is 7.09. The monoisotopic (exact) mass is 345 g/mol. The molecule has 0 aliphatic heterocycles. The van der Waals surface area contributed by atoms with E-state index in [0.717, 1.165) is 16.3 Å². The summed E-state index contributed by atoms with van der Waals surface area (Å²) in [6, 6.07) is 17.6. The van der Waals surface area contributed by atoms with Crippen molar-refractivity contribution in [2.75, 3.05) is 18.1 Å². The maximum absolute atomic E-state index is 9.34. The van der Waals surface area contributed by atoms with Crippen molar-refractivity contribution in [3.63, 3.8) is 0 Å². The van der Waals surface area contributed by atoms with E-state index in [-0.39, 0.29) is 6.61 Å². The first-order chi connectivity index (χ1) is 11.3. The zero-order valence-corrected chi connectivity index (χ0v) is 14.0. The number of rotatable bonds is 6. The summed E-state index contributed by atoms with van der Waals surface area (Å²) in [5.74, 6) is 0.708. The van der Waals surface area contributed by atoms with Gasteiger partial charge in [-0.2, -0.15) is 9.36 Å². The van der Waals surface area contributed by atoms with Gasteiger partial charge in [-0.3, -0.25) is 0 Å². The fraction of sp³-hybridized carbons (Fsp3) is 0.176. The number of aromatic nitrogens is 2. The Bertz CT molecular complexity index is 763. The Hall–Kier alpha value is -1.95. The first-order valence-electron chi connectivity index (χ1n) is 7.25. The molecule has 0 atom stereocenters. The van der Waals surface area contributed by atoms with E-state index in [1.807, 2.05) is 59.5 Å². The van der Waals surface area contributed by atoms with Gasteiger partial charge in [-0.15, -0.1) is 0 Å². The van der Waals surface area contributed by atoms with Gasteiger partial charge in [0.25, 0.3) is 0 Å². The fourth-order valence-electron chi connectivity index (χ4n) is 2.27. The number of hydrogen-bond acceptors (Lipinski definition) is 5. The molecule has 23 heavy (non-hydrogen) atoms. The minimum absolute atomic E-state index is 0.0564. The van der Waals surface area contributed by atoms with Gasteiger partial charge in [0.2, 0.25) is 5.13 Å². The number of anilines is 1. The Morgan fingerprint density at radius 2 is 1.91 bits per heavy atom. The van der Waals surface area contributed by atoms with Crippen LogP contribution in [0.1, 0.15) is 5.56 Å². The molecular weight excluding hydrogens is 330 g/mol. The molecular formula is C17H16ClN3OS. The largest absolute Gasteiger partial charge is 0.395 e. The highest BCUT2D eigenvalue weighted by atomic mass is 35.5. The number of aliphatic hydroxyl groups is 1. The molecule has 0 saturated carbocycles. The molecule has 0 spiro atoms. The van der Waals surface area contributed by atoms with Crippen LogP contribution in [0.25, 0.3) is 11.4 Å². The minimum atomic E-state index is 0.0564. The Labute approximate surface area is 144 Å². The summed E-state index contributed by atoms with van der Waals surface area (Å²) >= 11 is 7.38. The van der Waals surface area contributed by atoms with Crippen molar-refractivity contribution in [3.8, 4) is 11.4 Å². The van der Waals surface area contributed by atoms with Gasteiger partial charge in [-0.1, -0.05) is 54.1 Å². The molecule has 0 aliphatic rings. The van der Waals surface area contributed by atoms with Crippen molar-refractivity contribution in [2.45, 2.75) is 6.54 Å². The summed E-state index contributed by atoms with van der Waals surface area (Å²) in [6.07, 6.45) is 0. The average Bonchev–Trinajstić information content (AvgIpc) is 3.05. The quantitative estimate of drug-likeness (QED) is 0.737. The Balaban J connectivity index is 1.82. The van der Waals surface area contributed by atoms with Crippen LogP contribution >= 0.6 is 23.1 Å². The fourth-order valence-corrected chi connectivity index (χ4v) is 3.19. The SMILES string of the molecule is OCCN(Cc1cccc(Cl)c1)c1nc(-c2ccccc2)ns1. The summed E-state index contributed by atoms with van der Waals surface area (Å²) in [5.41, 5.74) is 2.06. The molecule has 1 N–H and O–H groups in total. The first-order valence-corrected chi connectivity index (χ1v) is 8.41. The standard InChI is InChI=1S/C17H16ClN3OS/c18-15-8-4-5-13(11-15)12-21(9-10-22)17-19-16(20-23-17)14-6-2-1-3-7-14/h1-8,11,22H,9-10,12H2. The Kier molecular flexibility index (Phi) is 5.23. The van der Waals surface area contributed by atoms with Crippen molar-refractivity contribution in [3.05, 3.63) is 65.2 Å². The number of nitrogens with zero attached hydrogens (tertiary/aromatic N) is 3. The third-order valence-electron chi connectivity index (χ3n) is 3.35. The van der Waals surface area contributed by atoms with Gasteiger partial charge >= 0.3 is 0 Å². The molecule has 4 nitrogen and oxygen atoms in total. The number of halogens is 1. The number of aliphatic hydroxyl groups excluding tert-OH is 1. The van der Waals surface area contributed by atoms with E-state index in [1.54, 1.807) is 0 Å². The zero-order valence-electron chi connectivity index (χ0n) is 12.4. The molecule has 0 radical (unpaired) electrons. The van der Waals surface area contributed by atoms with Crippen LogP contribution in [0.15, 0.2) is 54.6 Å². The van der Waals surface area contributed by atoms with Crippen LogP contribution in [0.5, 0.6) is 0 Å². The molecule has 3 aromatic rings. The van der Waals surface area contributed by atoms with Gasteiger partial charge in [0, 0.05) is 35.2 Å². The molecule has 0 amide bonds. The van der Waals surface area contributed by atoms with Gasteiger partial charge in [0.05, 0.1) is 6.61 Å². The summed E-state index contributed by atoms with van der Waals surface area (Å²) in [6.45, 7) is 1.18. The van der Waals surface area contributed by atoms with Crippen molar-refractivity contribution in [1.29, 1.82) is 0 Å². The third-order valence-corrected chi connectivity index (χ3v) is 4.36. The van der Waals surface area contributed by atoms with E-state index < -0.39 is 0 Å². The molecule has 0 unspecified atom stereocenters. The Morgan fingerprint density at radius 1 is 1.09 bits per heavy atom. The number of benzene rings is 2. The van der Waals surface area contributed by atoms with E-state index in [1.165, 1.54) is 11.5 Å². The highest BCUT2D eigenvalue weighted by Gasteiger charge is 2.14. The van der Waals surface area contributed by atoms with Gasteiger partial charge in [-0.25, -0.2) is 0 Å². The molecule has 118 valence electrons. The van der Waals surface area contributed by atoms with Gasteiger partial charge < -0.3 is 10.0 Å². The molecule has 0 fully saturated rings. The van der Waals surface area contributed by atoms with E-state index in [0.29, 0.717) is 23.9 Å². The summed E-state index contributed by atoms with van der Waals surface area (Å²) in [7, 11) is 0. The predicted octanol–water partition coefficient (Wildman–Crippen LogP) is 3.86. The van der Waals surface area contributed by atoms with Crippen LogP contribution in [0.2, 0.25) is 5.02 Å². The zero-order chi connectivity index (χ0) is 16.1. The van der Waals surface area contributed by atoms with Crippen LogP contribution in [-0.4, -0.2) is 27.6 Å². The Morgan fingerprint density at radius 3 is 2.65 bits per heavy atom. The molecule has 0 aliphatic carbocycles. The van der Waals surface area contributed by atoms with Crippen LogP contribution in [0.4, 0.5) is 5.13 Å². The maximum Gasteiger partial charge on any atom is 0.205 e. The lowest BCUT2D eigenvalue weighted by Crippen LogP contribution is -2.25. The van der Waals surface area contributed by atoms with Crippen LogP contribution < -0.4 is 4.90 Å². The second-order valence-corrected chi connectivity index (χ2v) is 6.21. The van der Waals surface area contributed by atoms with E-state index in [4.69, 9.17) is 11.6 Å².